The van der Waals surface area contributed by atoms with Crippen LogP contribution in [0.4, 0.5) is 4.39 Å². The Balaban J connectivity index is 2.26. The third-order valence-corrected chi connectivity index (χ3v) is 3.50. The van der Waals surface area contributed by atoms with Crippen molar-refractivity contribution >= 4 is 33.1 Å². The Morgan fingerprint density at radius 3 is 2.90 bits per heavy atom. The highest BCUT2D eigenvalue weighted by Gasteiger charge is 2.15. The topological polar surface area (TPSA) is 78.9 Å². The Morgan fingerprint density at radius 2 is 2.15 bits per heavy atom. The van der Waals surface area contributed by atoms with Crippen molar-refractivity contribution in [2.24, 2.45) is 0 Å². The van der Waals surface area contributed by atoms with Crippen LogP contribution in [0.2, 0.25) is 0 Å². The molecule has 2 aromatic heterocycles. The number of carboxylic acids is 1. The lowest BCUT2D eigenvalue weighted by molar-refractivity contribution is 0.0698. The normalized spacial score (nSPS) is 10.9. The number of aromatic amines is 1. The number of hydrogen-bond acceptors (Lipinski definition) is 3. The van der Waals surface area contributed by atoms with Crippen molar-refractivity contribution < 1.29 is 14.3 Å². The number of carbonyl (C=O) groups is 1. The molecule has 100 valence electrons. The van der Waals surface area contributed by atoms with Gasteiger partial charge in [0, 0.05) is 16.2 Å². The summed E-state index contributed by atoms with van der Waals surface area (Å²) in [5, 5.41) is 9.12. The van der Waals surface area contributed by atoms with Crippen LogP contribution in [0.3, 0.4) is 0 Å². The molecule has 3 aromatic rings. The zero-order chi connectivity index (χ0) is 14.3. The summed E-state index contributed by atoms with van der Waals surface area (Å²) >= 11 is 3.31. The minimum absolute atomic E-state index is 0.0706. The van der Waals surface area contributed by atoms with Gasteiger partial charge in [-0.1, -0.05) is 15.9 Å². The fourth-order valence-electron chi connectivity index (χ4n) is 1.90. The van der Waals surface area contributed by atoms with Gasteiger partial charge >= 0.3 is 5.97 Å². The Bertz CT molecular complexity index is 832. The van der Waals surface area contributed by atoms with E-state index in [0.717, 1.165) is 0 Å². The summed E-state index contributed by atoms with van der Waals surface area (Å²) in [6.45, 7) is 0. The van der Waals surface area contributed by atoms with Crippen molar-refractivity contribution in [3.63, 3.8) is 0 Å². The first kappa shape index (κ1) is 12.7. The van der Waals surface area contributed by atoms with E-state index in [4.69, 9.17) is 5.11 Å². The molecule has 0 unspecified atom stereocenters. The molecular formula is C13H7BrFN3O2. The number of aromatic carboxylic acids is 1. The monoisotopic (exact) mass is 335 g/mol. The van der Waals surface area contributed by atoms with E-state index in [1.165, 1.54) is 24.4 Å². The van der Waals surface area contributed by atoms with Gasteiger partial charge in [-0.25, -0.2) is 19.2 Å². The van der Waals surface area contributed by atoms with Gasteiger partial charge in [-0.15, -0.1) is 0 Å². The second kappa shape index (κ2) is 4.68. The number of benzene rings is 1. The Morgan fingerprint density at radius 1 is 1.35 bits per heavy atom. The van der Waals surface area contributed by atoms with Gasteiger partial charge < -0.3 is 10.1 Å². The molecule has 0 aliphatic heterocycles. The maximum Gasteiger partial charge on any atom is 0.338 e. The van der Waals surface area contributed by atoms with Gasteiger partial charge in [0.15, 0.2) is 5.65 Å². The Hall–Kier alpha value is -2.28. The van der Waals surface area contributed by atoms with E-state index < -0.39 is 11.8 Å². The number of hydrogen-bond donors (Lipinski definition) is 2. The van der Waals surface area contributed by atoms with Crippen LogP contribution in [0.15, 0.2) is 34.9 Å². The highest BCUT2D eigenvalue weighted by molar-refractivity contribution is 9.10. The highest BCUT2D eigenvalue weighted by atomic mass is 79.9. The second-order valence-electron chi connectivity index (χ2n) is 4.07. The molecule has 0 spiro atoms. The maximum atomic E-state index is 13.3. The number of pyridine rings is 1. The van der Waals surface area contributed by atoms with E-state index in [1.54, 1.807) is 6.07 Å². The van der Waals surface area contributed by atoms with Gasteiger partial charge in [0.2, 0.25) is 0 Å². The summed E-state index contributed by atoms with van der Waals surface area (Å²) in [5.41, 5.74) is 1.16. The van der Waals surface area contributed by atoms with Crippen molar-refractivity contribution in [1.82, 2.24) is 15.0 Å². The molecule has 0 saturated carbocycles. The molecule has 0 radical (unpaired) electrons. The molecule has 0 amide bonds. The smallest absolute Gasteiger partial charge is 0.338 e. The first-order valence-corrected chi connectivity index (χ1v) is 6.39. The van der Waals surface area contributed by atoms with Crippen molar-refractivity contribution in [3.05, 3.63) is 46.3 Å². The van der Waals surface area contributed by atoms with E-state index in [0.29, 0.717) is 21.4 Å². The summed E-state index contributed by atoms with van der Waals surface area (Å²) in [4.78, 5) is 22.2. The van der Waals surface area contributed by atoms with Gasteiger partial charge in [0.05, 0.1) is 11.1 Å². The van der Waals surface area contributed by atoms with Gasteiger partial charge in [0.1, 0.15) is 11.6 Å². The van der Waals surface area contributed by atoms with Gasteiger partial charge in [-0.2, -0.15) is 0 Å². The fourth-order valence-corrected chi connectivity index (χ4v) is 2.33. The predicted molar refractivity (Wildman–Crippen MR) is 73.9 cm³/mol. The third kappa shape index (κ3) is 2.05. The number of nitrogens with one attached hydrogen (secondary N) is 1. The minimum atomic E-state index is -1.08. The minimum Gasteiger partial charge on any atom is -0.478 e. The maximum absolute atomic E-state index is 13.3. The van der Waals surface area contributed by atoms with Crippen LogP contribution < -0.4 is 0 Å². The lowest BCUT2D eigenvalue weighted by Gasteiger charge is -2.00. The first-order chi connectivity index (χ1) is 9.56. The number of halogens is 2. The Labute approximate surface area is 120 Å². The van der Waals surface area contributed by atoms with Crippen LogP contribution in [0.5, 0.6) is 0 Å². The molecule has 0 saturated heterocycles. The zero-order valence-corrected chi connectivity index (χ0v) is 11.5. The molecule has 3 rings (SSSR count). The average molecular weight is 336 g/mol. The molecule has 20 heavy (non-hydrogen) atoms. The van der Waals surface area contributed by atoms with Crippen LogP contribution in [0, 0.1) is 5.82 Å². The summed E-state index contributed by atoms with van der Waals surface area (Å²) in [6.07, 6.45) is 1.37. The number of carboxylic acid groups (broad SMARTS) is 1. The first-order valence-electron chi connectivity index (χ1n) is 5.59. The van der Waals surface area contributed by atoms with Crippen molar-refractivity contribution in [2.45, 2.75) is 0 Å². The van der Waals surface area contributed by atoms with Crippen LogP contribution >= 0.6 is 15.9 Å². The lowest BCUT2D eigenvalue weighted by atomic mass is 10.2. The molecule has 2 N–H and O–H groups in total. The van der Waals surface area contributed by atoms with Crippen molar-refractivity contribution in [2.75, 3.05) is 0 Å². The molecule has 7 heteroatoms. The molecule has 0 aliphatic carbocycles. The van der Waals surface area contributed by atoms with Crippen LogP contribution in [-0.4, -0.2) is 26.0 Å². The van der Waals surface area contributed by atoms with Gasteiger partial charge in [0.25, 0.3) is 0 Å². The molecule has 2 heterocycles. The second-order valence-corrected chi connectivity index (χ2v) is 4.93. The summed E-state index contributed by atoms with van der Waals surface area (Å²) in [7, 11) is 0. The van der Waals surface area contributed by atoms with E-state index in [1.807, 2.05) is 0 Å². The molecule has 0 atom stereocenters. The molecule has 0 fully saturated rings. The quantitative estimate of drug-likeness (QED) is 0.753. The third-order valence-electron chi connectivity index (χ3n) is 2.81. The van der Waals surface area contributed by atoms with Crippen molar-refractivity contribution in [3.8, 4) is 11.4 Å². The molecule has 1 aromatic carbocycles. The van der Waals surface area contributed by atoms with E-state index in [2.05, 4.69) is 30.9 Å². The highest BCUT2D eigenvalue weighted by Crippen LogP contribution is 2.28. The molecule has 0 bridgehead atoms. The lowest BCUT2D eigenvalue weighted by Crippen LogP contribution is -1.97. The van der Waals surface area contributed by atoms with E-state index >= 15 is 0 Å². The van der Waals surface area contributed by atoms with Gasteiger partial charge in [-0.05, 0) is 24.3 Å². The number of fused-ring (bicyclic) bond motifs is 1. The number of nitrogens with zero attached hydrogens (tertiary/aromatic N) is 2. The largest absolute Gasteiger partial charge is 0.478 e. The molecule has 0 aliphatic rings. The number of imidazole rings is 1. The summed E-state index contributed by atoms with van der Waals surface area (Å²) in [6, 6.07) is 5.57. The fraction of sp³-hybridized carbons (Fsp3) is 0. The van der Waals surface area contributed by atoms with Crippen LogP contribution in [-0.2, 0) is 0 Å². The predicted octanol–water partition coefficient (Wildman–Crippen LogP) is 3.22. The summed E-state index contributed by atoms with van der Waals surface area (Å²) in [5.74, 6) is -1.13. The SMILES string of the molecule is O=C(O)c1ccnc2nc(-c3cc(F)ccc3Br)[nH]c12. The van der Waals surface area contributed by atoms with Crippen LogP contribution in [0.25, 0.3) is 22.6 Å². The van der Waals surface area contributed by atoms with Crippen LogP contribution in [0.1, 0.15) is 10.4 Å². The molecule has 5 nitrogen and oxygen atoms in total. The van der Waals surface area contributed by atoms with Crippen molar-refractivity contribution in [1.29, 1.82) is 0 Å². The van der Waals surface area contributed by atoms with Gasteiger partial charge in [-0.3, -0.25) is 0 Å². The number of H-pyrrole nitrogens is 1. The van der Waals surface area contributed by atoms with E-state index in [-0.39, 0.29) is 11.2 Å². The number of aromatic nitrogens is 3. The Kier molecular flexibility index (Phi) is 2.98. The van der Waals surface area contributed by atoms with E-state index in [9.17, 15) is 9.18 Å². The standard InChI is InChI=1S/C13H7BrFN3O2/c14-9-2-1-6(15)5-8(9)11-17-10-7(13(19)20)3-4-16-12(10)18-11/h1-5H,(H,19,20)(H,16,17,18). The average Bonchev–Trinajstić information content (AvgIpc) is 2.84. The molecular weight excluding hydrogens is 329 g/mol. The summed E-state index contributed by atoms with van der Waals surface area (Å²) < 4.78 is 14.0. The zero-order valence-electron chi connectivity index (χ0n) is 9.89. The number of rotatable bonds is 2.